The second kappa shape index (κ2) is 5.69. The molecule has 1 aliphatic heterocycles. The van der Waals surface area contributed by atoms with Crippen molar-refractivity contribution in [1.29, 1.82) is 0 Å². The summed E-state index contributed by atoms with van der Waals surface area (Å²) in [7, 11) is 2.82. The Morgan fingerprint density at radius 2 is 2.12 bits per heavy atom. The standard InChI is InChI=1S/C10H18N2O4/c1-7(15-2)9(13)12-5-4-8(6-12)11-10(14)16-3/h7-8H,4-6H2,1-3H3,(H,11,14). The van der Waals surface area contributed by atoms with Gasteiger partial charge in [0, 0.05) is 20.2 Å². The molecule has 0 bridgehead atoms. The smallest absolute Gasteiger partial charge is 0.407 e. The molecule has 1 saturated heterocycles. The average molecular weight is 230 g/mol. The van der Waals surface area contributed by atoms with E-state index in [0.717, 1.165) is 6.42 Å². The summed E-state index contributed by atoms with van der Waals surface area (Å²) >= 11 is 0. The number of ether oxygens (including phenoxy) is 2. The van der Waals surface area contributed by atoms with Crippen molar-refractivity contribution in [1.82, 2.24) is 10.2 Å². The summed E-state index contributed by atoms with van der Waals surface area (Å²) in [6, 6.07) is -0.0274. The van der Waals surface area contributed by atoms with E-state index in [2.05, 4.69) is 10.1 Å². The largest absolute Gasteiger partial charge is 0.453 e. The quantitative estimate of drug-likeness (QED) is 0.739. The third-order valence-electron chi connectivity index (χ3n) is 2.71. The number of carbonyl (C=O) groups excluding carboxylic acids is 2. The first-order valence-corrected chi connectivity index (χ1v) is 5.24. The fourth-order valence-corrected chi connectivity index (χ4v) is 1.66. The van der Waals surface area contributed by atoms with Gasteiger partial charge in [-0.05, 0) is 13.3 Å². The van der Waals surface area contributed by atoms with Crippen molar-refractivity contribution in [3.05, 3.63) is 0 Å². The molecule has 2 atom stereocenters. The molecule has 0 aromatic heterocycles. The molecule has 0 aromatic carbocycles. The number of alkyl carbamates (subject to hydrolysis) is 1. The molecular formula is C10H18N2O4. The molecule has 0 saturated carbocycles. The highest BCUT2D eigenvalue weighted by molar-refractivity contribution is 5.81. The summed E-state index contributed by atoms with van der Waals surface area (Å²) in [5.74, 6) is -0.0448. The topological polar surface area (TPSA) is 67.9 Å². The van der Waals surface area contributed by atoms with E-state index in [1.807, 2.05) is 0 Å². The number of nitrogens with one attached hydrogen (secondary N) is 1. The van der Waals surface area contributed by atoms with Crippen LogP contribution in [0.25, 0.3) is 0 Å². The van der Waals surface area contributed by atoms with Gasteiger partial charge in [-0.15, -0.1) is 0 Å². The zero-order valence-electron chi connectivity index (χ0n) is 9.86. The van der Waals surface area contributed by atoms with Crippen molar-refractivity contribution in [2.24, 2.45) is 0 Å². The lowest BCUT2D eigenvalue weighted by Gasteiger charge is -2.20. The first-order chi connectivity index (χ1) is 7.58. The lowest BCUT2D eigenvalue weighted by Crippen LogP contribution is -2.41. The van der Waals surface area contributed by atoms with Crippen molar-refractivity contribution in [3.63, 3.8) is 0 Å². The predicted molar refractivity (Wildman–Crippen MR) is 57.0 cm³/mol. The van der Waals surface area contributed by atoms with Crippen molar-refractivity contribution < 1.29 is 19.1 Å². The van der Waals surface area contributed by atoms with E-state index >= 15 is 0 Å². The van der Waals surface area contributed by atoms with Crippen LogP contribution in [0.5, 0.6) is 0 Å². The van der Waals surface area contributed by atoms with E-state index in [0.29, 0.717) is 13.1 Å². The van der Waals surface area contributed by atoms with E-state index < -0.39 is 12.2 Å². The summed E-state index contributed by atoms with van der Waals surface area (Å²) in [5.41, 5.74) is 0. The number of carbonyl (C=O) groups is 2. The maximum Gasteiger partial charge on any atom is 0.407 e. The molecule has 6 heteroatoms. The van der Waals surface area contributed by atoms with E-state index in [4.69, 9.17) is 4.74 Å². The fraction of sp³-hybridized carbons (Fsp3) is 0.800. The molecule has 1 N–H and O–H groups in total. The van der Waals surface area contributed by atoms with Crippen LogP contribution < -0.4 is 5.32 Å². The van der Waals surface area contributed by atoms with Crippen LogP contribution >= 0.6 is 0 Å². The van der Waals surface area contributed by atoms with Gasteiger partial charge < -0.3 is 19.7 Å². The van der Waals surface area contributed by atoms with E-state index in [-0.39, 0.29) is 11.9 Å². The van der Waals surface area contributed by atoms with Crippen LogP contribution in [-0.4, -0.2) is 56.4 Å². The van der Waals surface area contributed by atoms with Gasteiger partial charge in [0.25, 0.3) is 5.91 Å². The number of hydrogen-bond donors (Lipinski definition) is 1. The van der Waals surface area contributed by atoms with Crippen LogP contribution in [0.4, 0.5) is 4.79 Å². The van der Waals surface area contributed by atoms with Gasteiger partial charge in [0.2, 0.25) is 0 Å². The van der Waals surface area contributed by atoms with Gasteiger partial charge in [-0.1, -0.05) is 0 Å². The van der Waals surface area contributed by atoms with Crippen LogP contribution in [0.15, 0.2) is 0 Å². The molecule has 0 aliphatic carbocycles. The van der Waals surface area contributed by atoms with Gasteiger partial charge in [0.1, 0.15) is 6.10 Å². The van der Waals surface area contributed by atoms with Crippen LogP contribution in [0, 0.1) is 0 Å². The average Bonchev–Trinajstić information content (AvgIpc) is 2.75. The molecule has 1 heterocycles. The van der Waals surface area contributed by atoms with E-state index in [1.54, 1.807) is 11.8 Å². The minimum atomic E-state index is -0.459. The molecule has 1 rings (SSSR count). The van der Waals surface area contributed by atoms with E-state index in [9.17, 15) is 9.59 Å². The highest BCUT2D eigenvalue weighted by Crippen LogP contribution is 2.11. The third kappa shape index (κ3) is 3.10. The lowest BCUT2D eigenvalue weighted by molar-refractivity contribution is -0.139. The van der Waals surface area contributed by atoms with Crippen molar-refractivity contribution >= 4 is 12.0 Å². The molecule has 2 unspecified atom stereocenters. The van der Waals surface area contributed by atoms with Crippen molar-refractivity contribution in [2.45, 2.75) is 25.5 Å². The predicted octanol–water partition coefficient (Wildman–Crippen LogP) is -0.0218. The number of nitrogens with zero attached hydrogens (tertiary/aromatic N) is 1. The Morgan fingerprint density at radius 3 is 2.69 bits per heavy atom. The highest BCUT2D eigenvalue weighted by Gasteiger charge is 2.29. The van der Waals surface area contributed by atoms with Crippen molar-refractivity contribution in [3.8, 4) is 0 Å². The van der Waals surface area contributed by atoms with Gasteiger partial charge in [0.05, 0.1) is 13.2 Å². The third-order valence-corrected chi connectivity index (χ3v) is 2.71. The highest BCUT2D eigenvalue weighted by atomic mass is 16.5. The number of methoxy groups -OCH3 is 2. The Kier molecular flexibility index (Phi) is 4.54. The van der Waals surface area contributed by atoms with Crippen LogP contribution in [0.3, 0.4) is 0 Å². The summed E-state index contributed by atoms with van der Waals surface area (Å²) in [6.45, 7) is 2.87. The zero-order chi connectivity index (χ0) is 12.1. The number of amides is 2. The summed E-state index contributed by atoms with van der Waals surface area (Å²) in [4.78, 5) is 24.4. The van der Waals surface area contributed by atoms with Crippen LogP contribution in [-0.2, 0) is 14.3 Å². The molecule has 6 nitrogen and oxygen atoms in total. The monoisotopic (exact) mass is 230 g/mol. The van der Waals surface area contributed by atoms with Crippen molar-refractivity contribution in [2.75, 3.05) is 27.3 Å². The van der Waals surface area contributed by atoms with Gasteiger partial charge in [-0.3, -0.25) is 4.79 Å². The normalized spacial score (nSPS) is 21.7. The molecule has 16 heavy (non-hydrogen) atoms. The summed E-state index contributed by atoms with van der Waals surface area (Å²) in [5, 5.41) is 2.67. The Hall–Kier alpha value is -1.30. The minimum absolute atomic E-state index is 0.0274. The number of hydrogen-bond acceptors (Lipinski definition) is 4. The number of rotatable bonds is 3. The van der Waals surface area contributed by atoms with Crippen LogP contribution in [0.2, 0.25) is 0 Å². The molecule has 1 fully saturated rings. The first-order valence-electron chi connectivity index (χ1n) is 5.24. The minimum Gasteiger partial charge on any atom is -0.453 e. The number of likely N-dealkylation sites (tertiary alicyclic amines) is 1. The molecular weight excluding hydrogens is 212 g/mol. The Bertz CT molecular complexity index is 270. The second-order valence-corrected chi connectivity index (χ2v) is 3.78. The Balaban J connectivity index is 2.40. The fourth-order valence-electron chi connectivity index (χ4n) is 1.66. The van der Waals surface area contributed by atoms with Crippen LogP contribution in [0.1, 0.15) is 13.3 Å². The maximum absolute atomic E-state index is 11.7. The summed E-state index contributed by atoms with van der Waals surface area (Å²) in [6.07, 6.45) is -0.145. The SMILES string of the molecule is COC(=O)NC1CCN(C(=O)C(C)OC)C1. The molecule has 2 amide bonds. The van der Waals surface area contributed by atoms with Gasteiger partial charge in [-0.25, -0.2) is 4.79 Å². The molecule has 0 spiro atoms. The maximum atomic E-state index is 11.7. The summed E-state index contributed by atoms with van der Waals surface area (Å²) < 4.78 is 9.46. The Labute approximate surface area is 94.9 Å². The lowest BCUT2D eigenvalue weighted by atomic mass is 10.3. The second-order valence-electron chi connectivity index (χ2n) is 3.78. The molecule has 1 aliphatic rings. The van der Waals surface area contributed by atoms with E-state index in [1.165, 1.54) is 14.2 Å². The first kappa shape index (κ1) is 12.8. The molecule has 0 radical (unpaired) electrons. The molecule has 92 valence electrons. The Morgan fingerprint density at radius 1 is 1.44 bits per heavy atom. The molecule has 0 aromatic rings. The van der Waals surface area contributed by atoms with Gasteiger partial charge >= 0.3 is 6.09 Å². The van der Waals surface area contributed by atoms with Gasteiger partial charge in [0.15, 0.2) is 0 Å². The zero-order valence-corrected chi connectivity index (χ0v) is 9.86. The van der Waals surface area contributed by atoms with Gasteiger partial charge in [-0.2, -0.15) is 0 Å².